The number of nitrogens with one attached hydrogen (secondary N) is 2. The van der Waals surface area contributed by atoms with Gasteiger partial charge in [0.2, 0.25) is 5.91 Å². The Morgan fingerprint density at radius 1 is 1.38 bits per heavy atom. The molecule has 7 nitrogen and oxygen atoms in total. The molecule has 1 amide bonds. The van der Waals surface area contributed by atoms with Gasteiger partial charge >= 0.3 is 5.97 Å². The number of halogens is 1. The summed E-state index contributed by atoms with van der Waals surface area (Å²) in [6.45, 7) is 8.09. The molecule has 1 aliphatic heterocycles. The summed E-state index contributed by atoms with van der Waals surface area (Å²) in [5.74, 6) is 0.512. The predicted octanol–water partition coefficient (Wildman–Crippen LogP) is 1.37. The van der Waals surface area contributed by atoms with Gasteiger partial charge in [-0.1, -0.05) is 0 Å². The third kappa shape index (κ3) is 8.16. The molecule has 8 heteroatoms. The van der Waals surface area contributed by atoms with Crippen molar-refractivity contribution >= 4 is 41.8 Å². The molecule has 1 saturated heterocycles. The van der Waals surface area contributed by atoms with Crippen LogP contribution in [0.4, 0.5) is 0 Å². The van der Waals surface area contributed by atoms with Crippen LogP contribution in [0.3, 0.4) is 0 Å². The van der Waals surface area contributed by atoms with Gasteiger partial charge in [0, 0.05) is 39.1 Å². The van der Waals surface area contributed by atoms with Gasteiger partial charge in [-0.25, -0.2) is 0 Å². The molecule has 0 radical (unpaired) electrons. The first kappa shape index (κ1) is 22.9. The fourth-order valence-electron chi connectivity index (χ4n) is 2.64. The number of piperidine rings is 1. The van der Waals surface area contributed by atoms with Gasteiger partial charge in [-0.05, 0) is 33.6 Å². The van der Waals surface area contributed by atoms with Crippen LogP contribution in [-0.4, -0.2) is 62.1 Å². The van der Waals surface area contributed by atoms with Gasteiger partial charge in [0.15, 0.2) is 5.96 Å². The van der Waals surface area contributed by atoms with Gasteiger partial charge in [-0.15, -0.1) is 24.0 Å². The molecule has 140 valence electrons. The van der Waals surface area contributed by atoms with E-state index in [4.69, 9.17) is 4.74 Å². The van der Waals surface area contributed by atoms with Crippen molar-refractivity contribution in [3.05, 3.63) is 0 Å². The van der Waals surface area contributed by atoms with Crippen molar-refractivity contribution in [2.45, 2.75) is 46.1 Å². The van der Waals surface area contributed by atoms with Crippen LogP contribution < -0.4 is 10.6 Å². The van der Waals surface area contributed by atoms with Crippen LogP contribution in [0.2, 0.25) is 0 Å². The molecular formula is C16H31IN4O3. The Labute approximate surface area is 162 Å². The Balaban J connectivity index is 0.00000529. The number of carbonyl (C=O) groups excluding carboxylic acids is 2. The van der Waals surface area contributed by atoms with E-state index in [-0.39, 0.29) is 47.8 Å². The molecule has 2 N–H and O–H groups in total. The molecule has 24 heavy (non-hydrogen) atoms. The number of hydrogen-bond donors (Lipinski definition) is 2. The van der Waals surface area contributed by atoms with E-state index < -0.39 is 0 Å². The minimum atomic E-state index is -0.135. The molecule has 1 rings (SSSR count). The number of rotatable bonds is 6. The number of guanidine groups is 1. The lowest BCUT2D eigenvalue weighted by atomic mass is 9.98. The number of ether oxygens (including phenoxy) is 1. The lowest BCUT2D eigenvalue weighted by Crippen LogP contribution is -2.48. The van der Waals surface area contributed by atoms with Crippen molar-refractivity contribution in [3.8, 4) is 0 Å². The summed E-state index contributed by atoms with van der Waals surface area (Å²) in [5, 5.41) is 6.05. The van der Waals surface area contributed by atoms with E-state index in [1.165, 1.54) is 0 Å². The fourth-order valence-corrected chi connectivity index (χ4v) is 2.64. The average molecular weight is 454 g/mol. The Morgan fingerprint density at radius 3 is 2.67 bits per heavy atom. The summed E-state index contributed by atoms with van der Waals surface area (Å²) in [4.78, 5) is 29.9. The second-order valence-electron chi connectivity index (χ2n) is 5.98. The van der Waals surface area contributed by atoms with E-state index in [2.05, 4.69) is 20.5 Å². The van der Waals surface area contributed by atoms with E-state index in [1.807, 2.05) is 20.8 Å². The topological polar surface area (TPSA) is 83.0 Å². The number of hydrogen-bond acceptors (Lipinski definition) is 4. The molecule has 1 unspecified atom stereocenters. The van der Waals surface area contributed by atoms with E-state index in [9.17, 15) is 9.59 Å². The number of nitrogens with zero attached hydrogens (tertiary/aromatic N) is 2. The van der Waals surface area contributed by atoms with Gasteiger partial charge in [0.1, 0.15) is 0 Å². The molecule has 0 bridgehead atoms. The predicted molar refractivity (Wildman–Crippen MR) is 106 cm³/mol. The molecule has 0 aromatic rings. The van der Waals surface area contributed by atoms with Gasteiger partial charge < -0.3 is 20.3 Å². The second-order valence-corrected chi connectivity index (χ2v) is 5.98. The smallest absolute Gasteiger partial charge is 0.310 e. The zero-order valence-corrected chi connectivity index (χ0v) is 17.5. The van der Waals surface area contributed by atoms with E-state index in [0.717, 1.165) is 25.3 Å². The monoisotopic (exact) mass is 454 g/mol. The maximum absolute atomic E-state index is 11.9. The first-order valence-electron chi connectivity index (χ1n) is 8.39. The summed E-state index contributed by atoms with van der Waals surface area (Å²) in [7, 11) is 1.71. The Kier molecular flexibility index (Phi) is 11.8. The molecular weight excluding hydrogens is 423 g/mol. The Hall–Kier alpha value is -1.06. The summed E-state index contributed by atoms with van der Waals surface area (Å²) in [5.41, 5.74) is 0. The maximum Gasteiger partial charge on any atom is 0.310 e. The summed E-state index contributed by atoms with van der Waals surface area (Å²) < 4.78 is 5.11. The highest BCUT2D eigenvalue weighted by atomic mass is 127. The quantitative estimate of drug-likeness (QED) is 0.274. The maximum atomic E-state index is 11.9. The molecule has 0 aliphatic carbocycles. The minimum absolute atomic E-state index is 0. The van der Waals surface area contributed by atoms with Crippen LogP contribution in [0, 0.1) is 5.92 Å². The van der Waals surface area contributed by atoms with E-state index >= 15 is 0 Å². The number of esters is 1. The van der Waals surface area contributed by atoms with Crippen molar-refractivity contribution in [1.29, 1.82) is 0 Å². The van der Waals surface area contributed by atoms with Crippen molar-refractivity contribution in [2.24, 2.45) is 10.9 Å². The van der Waals surface area contributed by atoms with Gasteiger partial charge in [-0.2, -0.15) is 0 Å². The third-order valence-electron chi connectivity index (χ3n) is 3.64. The largest absolute Gasteiger partial charge is 0.466 e. The summed E-state index contributed by atoms with van der Waals surface area (Å²) in [6.07, 6.45) is 2.17. The van der Waals surface area contributed by atoms with Crippen LogP contribution >= 0.6 is 24.0 Å². The van der Waals surface area contributed by atoms with Crippen LogP contribution in [-0.2, 0) is 14.3 Å². The molecule has 0 saturated carbocycles. The molecule has 1 aliphatic rings. The summed E-state index contributed by atoms with van der Waals surface area (Å²) in [6, 6.07) is 0.147. The van der Waals surface area contributed by atoms with Crippen molar-refractivity contribution in [1.82, 2.24) is 15.5 Å². The molecule has 1 heterocycles. The zero-order valence-electron chi connectivity index (χ0n) is 15.1. The van der Waals surface area contributed by atoms with Crippen LogP contribution in [0.15, 0.2) is 4.99 Å². The van der Waals surface area contributed by atoms with E-state index in [1.54, 1.807) is 7.05 Å². The highest BCUT2D eigenvalue weighted by molar-refractivity contribution is 14.0. The minimum Gasteiger partial charge on any atom is -0.466 e. The highest BCUT2D eigenvalue weighted by Gasteiger charge is 2.28. The number of carbonyl (C=O) groups is 2. The summed E-state index contributed by atoms with van der Waals surface area (Å²) >= 11 is 0. The van der Waals surface area contributed by atoms with Crippen molar-refractivity contribution < 1.29 is 14.3 Å². The normalized spacial score (nSPS) is 18.0. The third-order valence-corrected chi connectivity index (χ3v) is 3.64. The second kappa shape index (κ2) is 12.3. The number of aliphatic imine (C=N–C) groups is 1. The fraction of sp³-hybridized carbons (Fsp3) is 0.812. The molecule has 0 aromatic carbocycles. The lowest BCUT2D eigenvalue weighted by molar-refractivity contribution is -0.149. The molecule has 1 atom stereocenters. The standard InChI is InChI=1S/C16H30N4O3.HI/c1-5-23-15(22)13-7-6-10-20(11-13)16(17-4)18-9-8-14(21)19-12(2)3;/h12-13H,5-11H2,1-4H3,(H,17,18)(H,19,21);1H. The Bertz CT molecular complexity index is 430. The van der Waals surface area contributed by atoms with Crippen LogP contribution in [0.25, 0.3) is 0 Å². The zero-order chi connectivity index (χ0) is 17.2. The first-order valence-corrected chi connectivity index (χ1v) is 8.39. The highest BCUT2D eigenvalue weighted by Crippen LogP contribution is 2.18. The SMILES string of the molecule is CCOC(=O)C1CCCN(C(=NC)NCCC(=O)NC(C)C)C1.I. The van der Waals surface area contributed by atoms with E-state index in [0.29, 0.717) is 26.1 Å². The first-order chi connectivity index (χ1) is 11.0. The van der Waals surface area contributed by atoms with Crippen LogP contribution in [0.1, 0.15) is 40.0 Å². The van der Waals surface area contributed by atoms with Gasteiger partial charge in [-0.3, -0.25) is 14.6 Å². The number of likely N-dealkylation sites (tertiary alicyclic amines) is 1. The molecule has 0 spiro atoms. The van der Waals surface area contributed by atoms with Crippen molar-refractivity contribution in [3.63, 3.8) is 0 Å². The Morgan fingerprint density at radius 2 is 2.08 bits per heavy atom. The molecule has 1 fully saturated rings. The average Bonchev–Trinajstić information content (AvgIpc) is 2.51. The number of amides is 1. The van der Waals surface area contributed by atoms with Crippen molar-refractivity contribution in [2.75, 3.05) is 33.3 Å². The van der Waals surface area contributed by atoms with Gasteiger partial charge in [0.25, 0.3) is 0 Å². The van der Waals surface area contributed by atoms with Crippen LogP contribution in [0.5, 0.6) is 0 Å². The lowest BCUT2D eigenvalue weighted by Gasteiger charge is -2.33. The van der Waals surface area contributed by atoms with Gasteiger partial charge in [0.05, 0.1) is 12.5 Å². The molecule has 0 aromatic heterocycles.